The number of rotatable bonds is 12. The summed E-state index contributed by atoms with van der Waals surface area (Å²) in [7, 11) is 3.81. The zero-order chi connectivity index (χ0) is 11.2. The van der Waals surface area contributed by atoms with Crippen molar-refractivity contribution in [3.63, 3.8) is 0 Å². The first kappa shape index (κ1) is 14.9. The molecule has 0 saturated heterocycles. The van der Waals surface area contributed by atoms with Gasteiger partial charge in [-0.1, -0.05) is 44.9 Å². The second-order valence-corrected chi connectivity index (χ2v) is 4.28. The molecule has 0 heterocycles. The molecular formula is C13H29NO. The fourth-order valence-corrected chi connectivity index (χ4v) is 1.79. The van der Waals surface area contributed by atoms with Crippen molar-refractivity contribution in [3.8, 4) is 0 Å². The highest BCUT2D eigenvalue weighted by Gasteiger charge is 1.92. The Morgan fingerprint density at radius 1 is 0.733 bits per heavy atom. The summed E-state index contributed by atoms with van der Waals surface area (Å²) >= 11 is 0. The lowest BCUT2D eigenvalue weighted by Gasteiger charge is -2.02. The fourth-order valence-electron chi connectivity index (χ4n) is 1.79. The molecule has 2 nitrogen and oxygen atoms in total. The van der Waals surface area contributed by atoms with Crippen LogP contribution >= 0.6 is 0 Å². The lowest BCUT2D eigenvalue weighted by molar-refractivity contribution is 0.192. The molecule has 0 atom stereocenters. The Kier molecular flexibility index (Phi) is 13.8. The third-order valence-electron chi connectivity index (χ3n) is 2.78. The molecule has 92 valence electrons. The van der Waals surface area contributed by atoms with Gasteiger partial charge >= 0.3 is 0 Å². The van der Waals surface area contributed by atoms with Crippen molar-refractivity contribution in [1.29, 1.82) is 0 Å². The summed E-state index contributed by atoms with van der Waals surface area (Å²) in [5, 5.41) is 3.19. The molecule has 0 fully saturated rings. The standard InChI is InChI=1S/C13H29NO/c1-14-12-10-8-6-4-3-5-7-9-11-13-15-2/h14H,3-13H2,1-2H3. The van der Waals surface area contributed by atoms with Crippen LogP contribution in [0.25, 0.3) is 0 Å². The molecule has 1 N–H and O–H groups in total. The first-order chi connectivity index (χ1) is 7.41. The van der Waals surface area contributed by atoms with Crippen LogP contribution in [0.15, 0.2) is 0 Å². The van der Waals surface area contributed by atoms with E-state index in [9.17, 15) is 0 Å². The van der Waals surface area contributed by atoms with Gasteiger partial charge in [0.1, 0.15) is 0 Å². The van der Waals surface area contributed by atoms with E-state index in [1.54, 1.807) is 7.11 Å². The fraction of sp³-hybridized carbons (Fsp3) is 1.00. The normalized spacial score (nSPS) is 10.8. The highest BCUT2D eigenvalue weighted by Crippen LogP contribution is 2.09. The number of nitrogens with one attached hydrogen (secondary N) is 1. The summed E-state index contributed by atoms with van der Waals surface area (Å²) in [5.41, 5.74) is 0. The first-order valence-corrected chi connectivity index (χ1v) is 6.55. The minimum Gasteiger partial charge on any atom is -0.385 e. The average molecular weight is 215 g/mol. The van der Waals surface area contributed by atoms with E-state index >= 15 is 0 Å². The highest BCUT2D eigenvalue weighted by molar-refractivity contribution is 4.48. The molecule has 0 aliphatic rings. The zero-order valence-corrected chi connectivity index (χ0v) is 10.7. The van der Waals surface area contributed by atoms with Crippen LogP contribution in [0.1, 0.15) is 57.8 Å². The van der Waals surface area contributed by atoms with Gasteiger partial charge < -0.3 is 10.1 Å². The zero-order valence-electron chi connectivity index (χ0n) is 10.7. The largest absolute Gasteiger partial charge is 0.385 e. The lowest BCUT2D eigenvalue weighted by Crippen LogP contribution is -2.06. The molecule has 0 aromatic heterocycles. The lowest BCUT2D eigenvalue weighted by atomic mass is 10.1. The number of unbranched alkanes of at least 4 members (excludes halogenated alkanes) is 8. The van der Waals surface area contributed by atoms with E-state index in [1.165, 1.54) is 64.3 Å². The number of hydrogen-bond donors (Lipinski definition) is 1. The third-order valence-corrected chi connectivity index (χ3v) is 2.78. The Morgan fingerprint density at radius 2 is 1.20 bits per heavy atom. The van der Waals surface area contributed by atoms with Gasteiger partial charge in [0, 0.05) is 13.7 Å². The van der Waals surface area contributed by atoms with Crippen LogP contribution < -0.4 is 5.32 Å². The summed E-state index contributed by atoms with van der Waals surface area (Å²) in [6.45, 7) is 2.11. The molecule has 0 bridgehead atoms. The van der Waals surface area contributed by atoms with Crippen molar-refractivity contribution in [1.82, 2.24) is 5.32 Å². The predicted molar refractivity (Wildman–Crippen MR) is 67.4 cm³/mol. The molecule has 0 unspecified atom stereocenters. The van der Waals surface area contributed by atoms with Gasteiger partial charge in [0.15, 0.2) is 0 Å². The maximum Gasteiger partial charge on any atom is 0.0462 e. The van der Waals surface area contributed by atoms with Crippen LogP contribution in [0.5, 0.6) is 0 Å². The Labute approximate surface area is 95.8 Å². The van der Waals surface area contributed by atoms with E-state index in [0.717, 1.165) is 6.61 Å². The Balaban J connectivity index is 2.81. The average Bonchev–Trinajstić information content (AvgIpc) is 2.26. The molecule has 0 aromatic rings. The smallest absolute Gasteiger partial charge is 0.0462 e. The summed E-state index contributed by atoms with van der Waals surface area (Å²) in [5.74, 6) is 0. The summed E-state index contributed by atoms with van der Waals surface area (Å²) in [6.07, 6.45) is 12.4. The van der Waals surface area contributed by atoms with Gasteiger partial charge in [0.05, 0.1) is 0 Å². The van der Waals surface area contributed by atoms with Crippen molar-refractivity contribution in [2.24, 2.45) is 0 Å². The molecule has 0 aliphatic carbocycles. The Morgan fingerprint density at radius 3 is 1.67 bits per heavy atom. The molecule has 0 saturated carbocycles. The summed E-state index contributed by atoms with van der Waals surface area (Å²) < 4.78 is 5.02. The van der Waals surface area contributed by atoms with Gasteiger partial charge in [-0.2, -0.15) is 0 Å². The number of ether oxygens (including phenoxy) is 1. The summed E-state index contributed by atoms with van der Waals surface area (Å²) in [6, 6.07) is 0. The summed E-state index contributed by atoms with van der Waals surface area (Å²) in [4.78, 5) is 0. The van der Waals surface area contributed by atoms with Crippen molar-refractivity contribution in [2.45, 2.75) is 57.8 Å². The second-order valence-electron chi connectivity index (χ2n) is 4.28. The van der Waals surface area contributed by atoms with Crippen molar-refractivity contribution in [3.05, 3.63) is 0 Å². The highest BCUT2D eigenvalue weighted by atomic mass is 16.5. The van der Waals surface area contributed by atoms with Crippen LogP contribution in [0.2, 0.25) is 0 Å². The quantitative estimate of drug-likeness (QED) is 0.504. The van der Waals surface area contributed by atoms with E-state index in [-0.39, 0.29) is 0 Å². The van der Waals surface area contributed by atoms with Crippen LogP contribution in [0.3, 0.4) is 0 Å². The van der Waals surface area contributed by atoms with Crippen LogP contribution in [-0.4, -0.2) is 27.3 Å². The molecule has 0 aromatic carbocycles. The first-order valence-electron chi connectivity index (χ1n) is 6.55. The van der Waals surface area contributed by atoms with E-state index in [2.05, 4.69) is 5.32 Å². The number of hydrogen-bond acceptors (Lipinski definition) is 2. The molecule has 0 radical (unpaired) electrons. The van der Waals surface area contributed by atoms with Gasteiger partial charge in [0.25, 0.3) is 0 Å². The molecule has 0 aliphatic heterocycles. The third kappa shape index (κ3) is 13.9. The monoisotopic (exact) mass is 215 g/mol. The van der Waals surface area contributed by atoms with Crippen LogP contribution in [-0.2, 0) is 4.74 Å². The molecule has 15 heavy (non-hydrogen) atoms. The predicted octanol–water partition coefficient (Wildman–Crippen LogP) is 3.36. The van der Waals surface area contributed by atoms with Crippen molar-refractivity contribution < 1.29 is 4.74 Å². The Hall–Kier alpha value is -0.0800. The topological polar surface area (TPSA) is 21.3 Å². The van der Waals surface area contributed by atoms with E-state index in [4.69, 9.17) is 4.74 Å². The van der Waals surface area contributed by atoms with Crippen molar-refractivity contribution in [2.75, 3.05) is 27.3 Å². The maximum absolute atomic E-state index is 5.02. The Bertz CT molecular complexity index is 94.7. The minimum absolute atomic E-state index is 0.935. The van der Waals surface area contributed by atoms with Gasteiger partial charge in [-0.3, -0.25) is 0 Å². The number of methoxy groups -OCH3 is 1. The molecule has 0 spiro atoms. The second kappa shape index (κ2) is 13.9. The van der Waals surface area contributed by atoms with Gasteiger partial charge in [-0.05, 0) is 26.4 Å². The van der Waals surface area contributed by atoms with E-state index < -0.39 is 0 Å². The van der Waals surface area contributed by atoms with Gasteiger partial charge in [-0.25, -0.2) is 0 Å². The van der Waals surface area contributed by atoms with E-state index in [0.29, 0.717) is 0 Å². The van der Waals surface area contributed by atoms with E-state index in [1.807, 2.05) is 7.05 Å². The molecular weight excluding hydrogens is 186 g/mol. The maximum atomic E-state index is 5.02. The van der Waals surface area contributed by atoms with Crippen molar-refractivity contribution >= 4 is 0 Å². The molecule has 0 rings (SSSR count). The van der Waals surface area contributed by atoms with Gasteiger partial charge in [-0.15, -0.1) is 0 Å². The van der Waals surface area contributed by atoms with Crippen LogP contribution in [0.4, 0.5) is 0 Å². The SMILES string of the molecule is CNCCCCCCCCCCCOC. The molecule has 0 amide bonds. The van der Waals surface area contributed by atoms with Crippen LogP contribution in [0, 0.1) is 0 Å². The minimum atomic E-state index is 0.935. The molecule has 2 heteroatoms. The van der Waals surface area contributed by atoms with Gasteiger partial charge in [0.2, 0.25) is 0 Å².